The third kappa shape index (κ3) is 4.37. The maximum absolute atomic E-state index is 15.0. The van der Waals surface area contributed by atoms with E-state index < -0.39 is 70.0 Å². The molecule has 0 saturated heterocycles. The molecule has 170 valence electrons. The van der Waals surface area contributed by atoms with Gasteiger partial charge in [0.25, 0.3) is 0 Å². The van der Waals surface area contributed by atoms with Crippen LogP contribution in [0.3, 0.4) is 0 Å². The van der Waals surface area contributed by atoms with Crippen LogP contribution in [0.1, 0.15) is 30.9 Å². The third-order valence-electron chi connectivity index (χ3n) is 4.88. The Morgan fingerprint density at radius 1 is 0.781 bits per heavy atom. The van der Waals surface area contributed by atoms with Gasteiger partial charge in [-0.15, -0.1) is 0 Å². The average molecular weight is 458 g/mol. The molecular weight excluding hydrogens is 441 g/mol. The van der Waals surface area contributed by atoms with E-state index in [1.807, 2.05) is 6.92 Å². The molecule has 0 unspecified atom stereocenters. The molecule has 9 heteroatoms. The predicted octanol–water partition coefficient (Wildman–Crippen LogP) is 6.95. The maximum atomic E-state index is 15.0. The van der Waals surface area contributed by atoms with Gasteiger partial charge in [-0.1, -0.05) is 37.6 Å². The minimum absolute atomic E-state index is 0.192. The zero-order chi connectivity index (χ0) is 23.6. The first-order valence-corrected chi connectivity index (χ1v) is 9.60. The van der Waals surface area contributed by atoms with Crippen molar-refractivity contribution in [2.24, 2.45) is 0 Å². The van der Waals surface area contributed by atoms with Crippen LogP contribution < -0.4 is 4.74 Å². The van der Waals surface area contributed by atoms with Crippen LogP contribution in [0, 0.1) is 40.7 Å². The Hall–Kier alpha value is -3.23. The second-order valence-electron chi connectivity index (χ2n) is 7.03. The summed E-state index contributed by atoms with van der Waals surface area (Å²) in [7, 11) is 0. The summed E-state index contributed by atoms with van der Waals surface area (Å²) in [6.45, 7) is 0.828. The van der Waals surface area contributed by atoms with Crippen LogP contribution in [0.4, 0.5) is 30.7 Å². The molecule has 3 aromatic carbocycles. The summed E-state index contributed by atoms with van der Waals surface area (Å²) < 4.78 is 101. The molecule has 0 saturated carbocycles. The topological polar surface area (TPSA) is 29.5 Å². The summed E-state index contributed by atoms with van der Waals surface area (Å²) in [6.07, 6.45) is 2.70. The van der Waals surface area contributed by atoms with Gasteiger partial charge in [-0.3, -0.25) is 0 Å². The molecule has 3 rings (SSSR count). The van der Waals surface area contributed by atoms with Gasteiger partial charge >= 0.3 is 0 Å². The minimum atomic E-state index is -2.39. The van der Waals surface area contributed by atoms with Crippen molar-refractivity contribution in [2.75, 3.05) is 0 Å². The number of phenols is 1. The van der Waals surface area contributed by atoms with Gasteiger partial charge < -0.3 is 9.84 Å². The monoisotopic (exact) mass is 458 g/mol. The molecule has 0 heterocycles. The fraction of sp³-hybridized carbons (Fsp3) is 0.217. The van der Waals surface area contributed by atoms with Crippen molar-refractivity contribution in [1.29, 1.82) is 0 Å². The van der Waals surface area contributed by atoms with E-state index in [1.165, 1.54) is 12.1 Å². The Morgan fingerprint density at radius 3 is 1.91 bits per heavy atom. The molecule has 0 aromatic heterocycles. The predicted molar refractivity (Wildman–Crippen MR) is 103 cm³/mol. The van der Waals surface area contributed by atoms with Gasteiger partial charge in [-0.25, -0.2) is 22.0 Å². The smallest absolute Gasteiger partial charge is 0.207 e. The van der Waals surface area contributed by atoms with Crippen molar-refractivity contribution in [3.63, 3.8) is 0 Å². The Bertz CT molecular complexity index is 1120. The summed E-state index contributed by atoms with van der Waals surface area (Å²) in [6, 6.07) is 7.00. The highest BCUT2D eigenvalue weighted by molar-refractivity contribution is 5.72. The first kappa shape index (κ1) is 23.4. The summed E-state index contributed by atoms with van der Waals surface area (Å²) in [5, 5.41) is 10.1. The van der Waals surface area contributed by atoms with Crippen LogP contribution in [0.2, 0.25) is 0 Å². The molecule has 0 spiro atoms. The Labute approximate surface area is 178 Å². The molecule has 0 aliphatic carbocycles. The molecule has 3 aromatic rings. The molecule has 1 N–H and O–H groups in total. The lowest BCUT2D eigenvalue weighted by Gasteiger charge is -2.14. The highest BCUT2D eigenvalue weighted by atomic mass is 19.2. The summed E-state index contributed by atoms with van der Waals surface area (Å²) in [5.74, 6) is -16.5. The summed E-state index contributed by atoms with van der Waals surface area (Å²) in [4.78, 5) is 0. The van der Waals surface area contributed by atoms with E-state index in [0.717, 1.165) is 24.8 Å². The van der Waals surface area contributed by atoms with Crippen LogP contribution >= 0.6 is 0 Å². The van der Waals surface area contributed by atoms with Gasteiger partial charge in [-0.05, 0) is 24.0 Å². The lowest BCUT2D eigenvalue weighted by atomic mass is 9.98. The van der Waals surface area contributed by atoms with E-state index in [2.05, 4.69) is 4.74 Å². The van der Waals surface area contributed by atoms with Crippen molar-refractivity contribution >= 4 is 0 Å². The van der Waals surface area contributed by atoms with E-state index in [-0.39, 0.29) is 5.56 Å². The summed E-state index contributed by atoms with van der Waals surface area (Å²) >= 11 is 0. The maximum Gasteiger partial charge on any atom is 0.207 e. The molecule has 32 heavy (non-hydrogen) atoms. The van der Waals surface area contributed by atoms with Gasteiger partial charge in [0.15, 0.2) is 5.75 Å². The fourth-order valence-electron chi connectivity index (χ4n) is 3.13. The van der Waals surface area contributed by atoms with Gasteiger partial charge in [0, 0.05) is 6.07 Å². The van der Waals surface area contributed by atoms with E-state index in [9.17, 15) is 31.4 Å². The van der Waals surface area contributed by atoms with Gasteiger partial charge in [0.2, 0.25) is 29.1 Å². The number of aromatic hydroxyl groups is 1. The number of hydrogen-bond acceptors (Lipinski definition) is 2. The number of hydrogen-bond donors (Lipinski definition) is 1. The number of phenolic OH excluding ortho intramolecular Hbond substituents is 1. The van der Waals surface area contributed by atoms with Crippen LogP contribution in [0.5, 0.6) is 11.5 Å². The molecule has 0 fully saturated rings. The van der Waals surface area contributed by atoms with Crippen molar-refractivity contribution < 1.29 is 40.6 Å². The quantitative estimate of drug-likeness (QED) is 0.236. The number of halogens is 7. The van der Waals surface area contributed by atoms with Gasteiger partial charge in [0.05, 0.1) is 11.1 Å². The first-order chi connectivity index (χ1) is 15.2. The van der Waals surface area contributed by atoms with E-state index in [1.54, 1.807) is 12.1 Å². The molecule has 0 aliphatic heterocycles. The number of benzene rings is 3. The van der Waals surface area contributed by atoms with E-state index in [4.69, 9.17) is 0 Å². The van der Waals surface area contributed by atoms with Gasteiger partial charge in [-0.2, -0.15) is 8.78 Å². The van der Waals surface area contributed by atoms with Crippen LogP contribution in [-0.2, 0) is 13.0 Å². The van der Waals surface area contributed by atoms with Crippen molar-refractivity contribution in [2.45, 2.75) is 32.8 Å². The van der Waals surface area contributed by atoms with E-state index in [0.29, 0.717) is 6.07 Å². The molecule has 0 atom stereocenters. The Morgan fingerprint density at radius 2 is 1.34 bits per heavy atom. The number of unbranched alkanes of at least 4 members (excludes halogenated alkanes) is 1. The van der Waals surface area contributed by atoms with E-state index >= 15 is 4.39 Å². The van der Waals surface area contributed by atoms with Gasteiger partial charge in [0.1, 0.15) is 24.0 Å². The number of ether oxygens (including phenoxy) is 1. The third-order valence-corrected chi connectivity index (χ3v) is 4.88. The molecule has 0 amide bonds. The Kier molecular flexibility index (Phi) is 6.96. The number of aryl methyl sites for hydroxylation is 1. The molecular formula is C23H17F7O2. The summed E-state index contributed by atoms with van der Waals surface area (Å²) in [5.41, 5.74) is -0.105. The van der Waals surface area contributed by atoms with Crippen LogP contribution in [0.15, 0.2) is 30.3 Å². The van der Waals surface area contributed by atoms with Crippen LogP contribution in [-0.4, -0.2) is 5.11 Å². The number of rotatable bonds is 7. The fourth-order valence-corrected chi connectivity index (χ4v) is 3.13. The zero-order valence-electron chi connectivity index (χ0n) is 16.7. The first-order valence-electron chi connectivity index (χ1n) is 9.60. The highest BCUT2D eigenvalue weighted by Crippen LogP contribution is 2.36. The average Bonchev–Trinajstić information content (AvgIpc) is 2.77. The van der Waals surface area contributed by atoms with Crippen molar-refractivity contribution in [3.8, 4) is 22.6 Å². The minimum Gasteiger partial charge on any atom is -0.507 e. The highest BCUT2D eigenvalue weighted by Gasteiger charge is 2.28. The van der Waals surface area contributed by atoms with Crippen molar-refractivity contribution in [1.82, 2.24) is 0 Å². The largest absolute Gasteiger partial charge is 0.507 e. The SMILES string of the molecule is CCCCc1ccc(-c2c(O)cc(F)c(COc3c(F)c(F)c(F)c(F)c3F)c2F)cc1. The second-order valence-corrected chi connectivity index (χ2v) is 7.03. The lowest BCUT2D eigenvalue weighted by Crippen LogP contribution is -2.09. The molecule has 0 bridgehead atoms. The zero-order valence-corrected chi connectivity index (χ0v) is 16.7. The molecule has 0 radical (unpaired) electrons. The second kappa shape index (κ2) is 9.50. The standard InChI is InChI=1S/C23H17F7O2/c1-2-3-4-11-5-7-12(8-6-11)16-15(31)9-14(24)13(17(16)25)10-32-23-21(29)19(27)18(26)20(28)22(23)30/h5-9,31H,2-4,10H2,1H3. The molecule has 0 aliphatic rings. The van der Waals surface area contributed by atoms with Crippen molar-refractivity contribution in [3.05, 3.63) is 82.2 Å². The van der Waals surface area contributed by atoms with Crippen LogP contribution in [0.25, 0.3) is 11.1 Å². The Balaban J connectivity index is 1.96. The lowest BCUT2D eigenvalue weighted by molar-refractivity contribution is 0.245. The normalized spacial score (nSPS) is 11.1. The molecule has 2 nitrogen and oxygen atoms in total.